The smallest absolute Gasteiger partial charge is 0.359 e. The Hall–Kier alpha value is -2.70. The van der Waals surface area contributed by atoms with E-state index in [2.05, 4.69) is 32.8 Å². The Morgan fingerprint density at radius 2 is 1.68 bits per heavy atom. The van der Waals surface area contributed by atoms with Gasteiger partial charge in [-0.05, 0) is 61.8 Å². The molecule has 0 saturated heterocycles. The molecular formula is C24H32FN3O3. The molecule has 1 aliphatic carbocycles. The van der Waals surface area contributed by atoms with Crippen LogP contribution in [0.25, 0.3) is 5.69 Å². The quantitative estimate of drug-likeness (QED) is 0.591. The van der Waals surface area contributed by atoms with Crippen molar-refractivity contribution in [2.24, 2.45) is 11.8 Å². The van der Waals surface area contributed by atoms with Crippen molar-refractivity contribution in [3.05, 3.63) is 47.0 Å². The van der Waals surface area contributed by atoms with Gasteiger partial charge in [0.05, 0.1) is 5.69 Å². The number of benzene rings is 1. The molecule has 0 spiro atoms. The second kappa shape index (κ2) is 10.1. The van der Waals surface area contributed by atoms with Gasteiger partial charge < -0.3 is 9.64 Å². The molecule has 0 radical (unpaired) electrons. The van der Waals surface area contributed by atoms with Crippen LogP contribution >= 0.6 is 0 Å². The Morgan fingerprint density at radius 3 is 2.29 bits per heavy atom. The molecule has 3 rings (SSSR count). The fourth-order valence-corrected chi connectivity index (χ4v) is 4.01. The van der Waals surface area contributed by atoms with Crippen LogP contribution < -0.4 is 0 Å². The third-order valence-corrected chi connectivity index (χ3v) is 5.30. The number of ether oxygens (including phenoxy) is 1. The molecule has 0 saturated carbocycles. The maximum Gasteiger partial charge on any atom is 0.359 e. The lowest BCUT2D eigenvalue weighted by Gasteiger charge is -2.26. The van der Waals surface area contributed by atoms with Gasteiger partial charge >= 0.3 is 5.97 Å². The highest BCUT2D eigenvalue weighted by molar-refractivity contribution is 5.91. The number of halogens is 1. The third kappa shape index (κ3) is 5.71. The number of rotatable bonds is 8. The largest absolute Gasteiger partial charge is 0.451 e. The first kappa shape index (κ1) is 23.0. The van der Waals surface area contributed by atoms with Gasteiger partial charge in [0.1, 0.15) is 5.82 Å². The summed E-state index contributed by atoms with van der Waals surface area (Å²) in [6, 6.07) is 6.04. The number of carbonyl (C=O) groups excluding carboxylic acids is 2. The predicted octanol–water partition coefficient (Wildman–Crippen LogP) is 4.19. The van der Waals surface area contributed by atoms with Crippen LogP contribution in [-0.4, -0.2) is 46.3 Å². The van der Waals surface area contributed by atoms with Gasteiger partial charge in [0.2, 0.25) is 0 Å². The van der Waals surface area contributed by atoms with Gasteiger partial charge in [0.25, 0.3) is 5.91 Å². The second-order valence-corrected chi connectivity index (χ2v) is 9.03. The number of amides is 1. The molecule has 0 atom stereocenters. The van der Waals surface area contributed by atoms with Gasteiger partial charge in [-0.25, -0.2) is 13.9 Å². The van der Waals surface area contributed by atoms with Crippen LogP contribution in [0.1, 0.15) is 62.3 Å². The van der Waals surface area contributed by atoms with E-state index in [9.17, 15) is 14.0 Å². The standard InChI is InChI=1S/C24H32FN3O3/c1-16(2)13-27(14-17(3)4)22(29)15-31-24(30)23-20-7-5-6-8-21(20)28(26-23)19-11-9-18(25)10-12-19/h9-12,16-17H,5-8,13-15H2,1-4H3. The molecule has 0 unspecified atom stereocenters. The summed E-state index contributed by atoms with van der Waals surface area (Å²) in [6.45, 7) is 9.19. The molecule has 1 aromatic carbocycles. The highest BCUT2D eigenvalue weighted by atomic mass is 19.1. The SMILES string of the molecule is CC(C)CN(CC(C)C)C(=O)COC(=O)c1nn(-c2ccc(F)cc2)c2c1CCCC2. The second-order valence-electron chi connectivity index (χ2n) is 9.03. The van der Waals surface area contributed by atoms with Gasteiger partial charge in [0, 0.05) is 24.3 Å². The van der Waals surface area contributed by atoms with Crippen LogP contribution in [-0.2, 0) is 22.4 Å². The number of aromatic nitrogens is 2. The Morgan fingerprint density at radius 1 is 1.06 bits per heavy atom. The van der Waals surface area contributed by atoms with Crippen molar-refractivity contribution in [1.82, 2.24) is 14.7 Å². The average molecular weight is 430 g/mol. The molecule has 6 nitrogen and oxygen atoms in total. The van der Waals surface area contributed by atoms with Gasteiger partial charge in [-0.3, -0.25) is 4.79 Å². The summed E-state index contributed by atoms with van der Waals surface area (Å²) in [7, 11) is 0. The lowest BCUT2D eigenvalue weighted by Crippen LogP contribution is -2.39. The number of hydrogen-bond donors (Lipinski definition) is 0. The summed E-state index contributed by atoms with van der Waals surface area (Å²) < 4.78 is 20.4. The Bertz CT molecular complexity index is 909. The highest BCUT2D eigenvalue weighted by Gasteiger charge is 2.27. The Balaban J connectivity index is 1.77. The first-order chi connectivity index (χ1) is 14.8. The van der Waals surface area contributed by atoms with Crippen LogP contribution in [0, 0.1) is 17.7 Å². The minimum atomic E-state index is -0.582. The number of hydrogen-bond acceptors (Lipinski definition) is 4. The van der Waals surface area contributed by atoms with Crippen molar-refractivity contribution in [2.45, 2.75) is 53.4 Å². The van der Waals surface area contributed by atoms with Crippen molar-refractivity contribution in [1.29, 1.82) is 0 Å². The monoisotopic (exact) mass is 429 g/mol. The van der Waals surface area contributed by atoms with Gasteiger partial charge in [-0.15, -0.1) is 0 Å². The molecule has 1 heterocycles. The van der Waals surface area contributed by atoms with E-state index >= 15 is 0 Å². The summed E-state index contributed by atoms with van der Waals surface area (Å²) in [5.74, 6) is -0.437. The molecule has 31 heavy (non-hydrogen) atoms. The van der Waals surface area contributed by atoms with Gasteiger partial charge in [-0.1, -0.05) is 27.7 Å². The summed E-state index contributed by atoms with van der Waals surface area (Å²) in [4.78, 5) is 27.3. The zero-order chi connectivity index (χ0) is 22.5. The fraction of sp³-hybridized carbons (Fsp3) is 0.542. The van der Waals surface area contributed by atoms with Crippen molar-refractivity contribution < 1.29 is 18.7 Å². The van der Waals surface area contributed by atoms with E-state index in [1.807, 2.05) is 0 Å². The summed E-state index contributed by atoms with van der Waals surface area (Å²) >= 11 is 0. The van der Waals surface area contributed by atoms with E-state index < -0.39 is 5.97 Å². The molecule has 1 aliphatic rings. The molecule has 0 N–H and O–H groups in total. The number of esters is 1. The predicted molar refractivity (Wildman–Crippen MR) is 117 cm³/mol. The van der Waals surface area contributed by atoms with E-state index in [-0.39, 0.29) is 24.0 Å². The maximum atomic E-state index is 13.3. The first-order valence-electron chi connectivity index (χ1n) is 11.1. The minimum absolute atomic E-state index is 0.192. The van der Waals surface area contributed by atoms with Crippen LogP contribution in [0.3, 0.4) is 0 Å². The molecule has 0 fully saturated rings. The van der Waals surface area contributed by atoms with E-state index in [0.717, 1.165) is 36.9 Å². The normalized spacial score (nSPS) is 13.4. The van der Waals surface area contributed by atoms with E-state index in [4.69, 9.17) is 4.74 Å². The Kier molecular flexibility index (Phi) is 7.46. The van der Waals surface area contributed by atoms with Crippen molar-refractivity contribution >= 4 is 11.9 Å². The van der Waals surface area contributed by atoms with Gasteiger partial charge in [0.15, 0.2) is 12.3 Å². The van der Waals surface area contributed by atoms with Crippen molar-refractivity contribution in [3.8, 4) is 5.69 Å². The number of carbonyl (C=O) groups is 2. The summed E-state index contributed by atoms with van der Waals surface area (Å²) in [5.41, 5.74) is 2.78. The number of nitrogens with zero attached hydrogens (tertiary/aromatic N) is 3. The molecule has 168 valence electrons. The average Bonchev–Trinajstić information content (AvgIpc) is 3.11. The molecule has 1 aromatic heterocycles. The van der Waals surface area contributed by atoms with Crippen LogP contribution in [0.2, 0.25) is 0 Å². The zero-order valence-electron chi connectivity index (χ0n) is 18.9. The van der Waals surface area contributed by atoms with Crippen molar-refractivity contribution in [2.75, 3.05) is 19.7 Å². The van der Waals surface area contributed by atoms with Crippen molar-refractivity contribution in [3.63, 3.8) is 0 Å². The lowest BCUT2D eigenvalue weighted by molar-refractivity contribution is -0.135. The summed E-state index contributed by atoms with van der Waals surface area (Å²) in [5, 5.41) is 4.51. The van der Waals surface area contributed by atoms with E-state index in [0.29, 0.717) is 30.6 Å². The van der Waals surface area contributed by atoms with Crippen LogP contribution in [0.15, 0.2) is 24.3 Å². The topological polar surface area (TPSA) is 64.4 Å². The van der Waals surface area contributed by atoms with Crippen LogP contribution in [0.4, 0.5) is 4.39 Å². The molecular weight excluding hydrogens is 397 g/mol. The van der Waals surface area contributed by atoms with Crippen LogP contribution in [0.5, 0.6) is 0 Å². The highest BCUT2D eigenvalue weighted by Crippen LogP contribution is 2.27. The van der Waals surface area contributed by atoms with E-state index in [1.165, 1.54) is 12.1 Å². The van der Waals surface area contributed by atoms with Gasteiger partial charge in [-0.2, -0.15) is 5.10 Å². The maximum absolute atomic E-state index is 13.3. The molecule has 7 heteroatoms. The molecule has 1 amide bonds. The Labute approximate surface area is 183 Å². The molecule has 0 bridgehead atoms. The zero-order valence-corrected chi connectivity index (χ0v) is 18.9. The lowest BCUT2D eigenvalue weighted by atomic mass is 9.95. The summed E-state index contributed by atoms with van der Waals surface area (Å²) in [6.07, 6.45) is 3.51. The minimum Gasteiger partial charge on any atom is -0.451 e. The molecule has 0 aliphatic heterocycles. The fourth-order valence-electron chi connectivity index (χ4n) is 4.01. The van der Waals surface area contributed by atoms with E-state index in [1.54, 1.807) is 21.7 Å². The first-order valence-corrected chi connectivity index (χ1v) is 11.1. The third-order valence-electron chi connectivity index (χ3n) is 5.30. The number of fused-ring (bicyclic) bond motifs is 1. The molecule has 2 aromatic rings.